The molecule has 2 unspecified atom stereocenters. The van der Waals surface area contributed by atoms with Gasteiger partial charge in [-0.15, -0.1) is 0 Å². The van der Waals surface area contributed by atoms with Gasteiger partial charge in [0.05, 0.1) is 5.92 Å². The normalized spacial score (nSPS) is 24.6. The Morgan fingerprint density at radius 3 is 2.06 bits per heavy atom. The minimum atomic E-state index is 0.147. The minimum Gasteiger partial charge on any atom is -0.342 e. The molecule has 1 aliphatic rings. The van der Waals surface area contributed by atoms with Crippen LogP contribution in [0.1, 0.15) is 54.4 Å². The summed E-state index contributed by atoms with van der Waals surface area (Å²) in [4.78, 5) is 14.7. The van der Waals surface area contributed by atoms with Gasteiger partial charge in [0.1, 0.15) is 0 Å². The molecule has 2 heteroatoms. The Morgan fingerprint density at radius 2 is 1.67 bits per heavy atom. The summed E-state index contributed by atoms with van der Waals surface area (Å²) < 4.78 is 0. The molecule has 0 radical (unpaired) electrons. The van der Waals surface area contributed by atoms with E-state index in [1.54, 1.807) is 0 Å². The lowest BCUT2D eigenvalue weighted by Gasteiger charge is -2.22. The van der Waals surface area contributed by atoms with Crippen molar-refractivity contribution < 1.29 is 4.79 Å². The molecule has 1 rings (SSSR count). The van der Waals surface area contributed by atoms with Gasteiger partial charge in [-0.2, -0.15) is 0 Å². The summed E-state index contributed by atoms with van der Waals surface area (Å²) in [5, 5.41) is 0. The van der Waals surface area contributed by atoms with Gasteiger partial charge >= 0.3 is 0 Å². The van der Waals surface area contributed by atoms with Gasteiger partial charge in [-0.05, 0) is 38.0 Å². The Kier molecular flexibility index (Phi) is 5.01. The first-order valence-electron chi connectivity index (χ1n) is 7.30. The van der Waals surface area contributed by atoms with Crippen LogP contribution in [-0.2, 0) is 4.79 Å². The highest BCUT2D eigenvalue weighted by Crippen LogP contribution is 2.60. The van der Waals surface area contributed by atoms with Crippen LogP contribution in [0.15, 0.2) is 11.6 Å². The maximum atomic E-state index is 12.6. The minimum absolute atomic E-state index is 0.147. The number of hydrogen-bond acceptors (Lipinski definition) is 1. The van der Waals surface area contributed by atoms with E-state index in [2.05, 4.69) is 52.5 Å². The maximum absolute atomic E-state index is 12.6. The SMILES string of the molecule is CCCN(CCC)C(=O)C1C(C=C(C)C)C1(C)C. The average molecular weight is 251 g/mol. The number of allylic oxidation sites excluding steroid dienone is 2. The van der Waals surface area contributed by atoms with Crippen LogP contribution in [0.5, 0.6) is 0 Å². The van der Waals surface area contributed by atoms with E-state index in [9.17, 15) is 4.79 Å². The third kappa shape index (κ3) is 3.15. The van der Waals surface area contributed by atoms with E-state index in [0.717, 1.165) is 25.9 Å². The molecule has 0 saturated heterocycles. The van der Waals surface area contributed by atoms with Gasteiger partial charge in [0.2, 0.25) is 5.91 Å². The molecule has 0 aliphatic heterocycles. The topological polar surface area (TPSA) is 20.3 Å². The predicted octanol–water partition coefficient (Wildman–Crippen LogP) is 3.87. The molecule has 1 aliphatic carbocycles. The smallest absolute Gasteiger partial charge is 0.226 e. The lowest BCUT2D eigenvalue weighted by atomic mass is 10.1. The quantitative estimate of drug-likeness (QED) is 0.656. The van der Waals surface area contributed by atoms with Gasteiger partial charge in [0.25, 0.3) is 0 Å². The van der Waals surface area contributed by atoms with Crippen LogP contribution >= 0.6 is 0 Å². The van der Waals surface area contributed by atoms with Gasteiger partial charge in [0, 0.05) is 13.1 Å². The summed E-state index contributed by atoms with van der Waals surface area (Å²) in [5.41, 5.74) is 1.47. The van der Waals surface area contributed by atoms with Crippen LogP contribution in [0.3, 0.4) is 0 Å². The third-order valence-corrected chi connectivity index (χ3v) is 3.99. The van der Waals surface area contributed by atoms with Gasteiger partial charge < -0.3 is 4.90 Å². The van der Waals surface area contributed by atoms with Crippen molar-refractivity contribution in [3.05, 3.63) is 11.6 Å². The van der Waals surface area contributed by atoms with Crippen molar-refractivity contribution in [3.8, 4) is 0 Å². The van der Waals surface area contributed by atoms with Gasteiger partial charge in [-0.25, -0.2) is 0 Å². The second kappa shape index (κ2) is 5.90. The molecule has 18 heavy (non-hydrogen) atoms. The van der Waals surface area contributed by atoms with Crippen LogP contribution in [0, 0.1) is 17.3 Å². The zero-order valence-corrected chi connectivity index (χ0v) is 12.9. The Balaban J connectivity index is 2.75. The van der Waals surface area contributed by atoms with Crippen molar-refractivity contribution in [3.63, 3.8) is 0 Å². The summed E-state index contributed by atoms with van der Waals surface area (Å²) in [6.45, 7) is 14.8. The van der Waals surface area contributed by atoms with Crippen molar-refractivity contribution in [1.82, 2.24) is 4.90 Å². The van der Waals surface area contributed by atoms with E-state index < -0.39 is 0 Å². The Hall–Kier alpha value is -0.790. The molecule has 1 saturated carbocycles. The van der Waals surface area contributed by atoms with Crippen LogP contribution in [0.4, 0.5) is 0 Å². The highest BCUT2D eigenvalue weighted by atomic mass is 16.2. The zero-order valence-electron chi connectivity index (χ0n) is 12.9. The van der Waals surface area contributed by atoms with Crippen molar-refractivity contribution in [2.45, 2.75) is 54.4 Å². The highest BCUT2D eigenvalue weighted by Gasteiger charge is 2.61. The second-order valence-corrected chi connectivity index (χ2v) is 6.39. The van der Waals surface area contributed by atoms with Crippen LogP contribution < -0.4 is 0 Å². The Bertz CT molecular complexity index is 320. The molecule has 0 aromatic heterocycles. The molecule has 0 aromatic rings. The molecule has 0 heterocycles. The van der Waals surface area contributed by atoms with E-state index in [1.807, 2.05) is 0 Å². The molecule has 2 atom stereocenters. The Morgan fingerprint density at radius 1 is 1.17 bits per heavy atom. The standard InChI is InChI=1S/C16H29NO/c1-7-9-17(10-8-2)15(18)14-13(11-12(3)4)16(14,5)6/h11,13-14H,7-10H2,1-6H3. The van der Waals surface area contributed by atoms with Crippen molar-refractivity contribution in [2.75, 3.05) is 13.1 Å². The number of carbonyl (C=O) groups is 1. The molecule has 0 bridgehead atoms. The lowest BCUT2D eigenvalue weighted by Crippen LogP contribution is -2.34. The van der Waals surface area contributed by atoms with Crippen molar-refractivity contribution in [2.24, 2.45) is 17.3 Å². The maximum Gasteiger partial charge on any atom is 0.226 e. The van der Waals surface area contributed by atoms with Gasteiger partial charge in [0.15, 0.2) is 0 Å². The predicted molar refractivity (Wildman–Crippen MR) is 77.4 cm³/mol. The molecule has 104 valence electrons. The molecule has 0 aromatic carbocycles. The monoisotopic (exact) mass is 251 g/mol. The molecule has 0 N–H and O–H groups in total. The van der Waals surface area contributed by atoms with Crippen LogP contribution in [-0.4, -0.2) is 23.9 Å². The summed E-state index contributed by atoms with van der Waals surface area (Å²) in [7, 11) is 0. The molecule has 0 spiro atoms. The van der Waals surface area contributed by atoms with Crippen LogP contribution in [0.2, 0.25) is 0 Å². The molecule has 2 nitrogen and oxygen atoms in total. The summed E-state index contributed by atoms with van der Waals surface area (Å²) >= 11 is 0. The van der Waals surface area contributed by atoms with E-state index in [0.29, 0.717) is 11.8 Å². The van der Waals surface area contributed by atoms with Crippen LogP contribution in [0.25, 0.3) is 0 Å². The largest absolute Gasteiger partial charge is 0.342 e. The van der Waals surface area contributed by atoms with Gasteiger partial charge in [-0.3, -0.25) is 4.79 Å². The number of carbonyl (C=O) groups excluding carboxylic acids is 1. The fraction of sp³-hybridized carbons (Fsp3) is 0.812. The second-order valence-electron chi connectivity index (χ2n) is 6.39. The van der Waals surface area contributed by atoms with Gasteiger partial charge in [-0.1, -0.05) is 39.3 Å². The molecule has 1 fully saturated rings. The molecular formula is C16H29NO. The number of rotatable bonds is 6. The highest BCUT2D eigenvalue weighted by molar-refractivity contribution is 5.83. The number of hydrogen-bond donors (Lipinski definition) is 0. The number of nitrogens with zero attached hydrogens (tertiary/aromatic N) is 1. The summed E-state index contributed by atoms with van der Waals surface area (Å²) in [6.07, 6.45) is 4.37. The fourth-order valence-electron chi connectivity index (χ4n) is 2.89. The first-order chi connectivity index (χ1) is 8.36. The first-order valence-corrected chi connectivity index (χ1v) is 7.30. The van der Waals surface area contributed by atoms with E-state index in [1.165, 1.54) is 5.57 Å². The fourth-order valence-corrected chi connectivity index (χ4v) is 2.89. The Labute approximate surface area is 112 Å². The molecule has 1 amide bonds. The lowest BCUT2D eigenvalue weighted by molar-refractivity contribution is -0.133. The van der Waals surface area contributed by atoms with Crippen molar-refractivity contribution in [1.29, 1.82) is 0 Å². The van der Waals surface area contributed by atoms with E-state index in [-0.39, 0.29) is 11.3 Å². The van der Waals surface area contributed by atoms with E-state index in [4.69, 9.17) is 0 Å². The summed E-state index contributed by atoms with van der Waals surface area (Å²) in [6, 6.07) is 0. The third-order valence-electron chi connectivity index (χ3n) is 3.99. The van der Waals surface area contributed by atoms with E-state index >= 15 is 0 Å². The number of amides is 1. The van der Waals surface area contributed by atoms with Crippen molar-refractivity contribution >= 4 is 5.91 Å². The average Bonchev–Trinajstić information content (AvgIpc) is 2.78. The summed E-state index contributed by atoms with van der Waals surface area (Å²) in [5.74, 6) is 1.00. The zero-order chi connectivity index (χ0) is 13.9. The first kappa shape index (κ1) is 15.3. The molecular weight excluding hydrogens is 222 g/mol.